The Balaban J connectivity index is 2.17. The maximum atomic E-state index is 12.5. The monoisotopic (exact) mass is 304 g/mol. The Bertz CT molecular complexity index is 627. The van der Waals surface area contributed by atoms with Crippen LogP contribution >= 0.6 is 12.2 Å². The highest BCUT2D eigenvalue weighted by Crippen LogP contribution is 2.13. The number of hydrogen-bond donors (Lipinski definition) is 1. The smallest absolute Gasteiger partial charge is 0.291 e. The van der Waals surface area contributed by atoms with Gasteiger partial charge in [0.05, 0.1) is 10.7 Å². The molecule has 2 aromatic rings. The lowest BCUT2D eigenvalue weighted by atomic mass is 10.2. The van der Waals surface area contributed by atoms with E-state index in [0.717, 1.165) is 5.56 Å². The summed E-state index contributed by atoms with van der Waals surface area (Å²) in [6, 6.07) is 3.73. The van der Waals surface area contributed by atoms with E-state index in [4.69, 9.17) is 22.4 Å². The first-order chi connectivity index (χ1) is 10.1. The molecule has 0 aromatic carbocycles. The lowest BCUT2D eigenvalue weighted by Gasteiger charge is -2.21. The molecule has 0 aliphatic carbocycles. The zero-order valence-electron chi connectivity index (χ0n) is 11.7. The maximum Gasteiger partial charge on any atom is 0.291 e. The van der Waals surface area contributed by atoms with Crippen LogP contribution in [0.5, 0.6) is 0 Å². The Morgan fingerprint density at radius 2 is 2.33 bits per heavy atom. The zero-order valence-corrected chi connectivity index (χ0v) is 12.5. The number of oxazole rings is 1. The largest absolute Gasteiger partial charge is 0.438 e. The highest BCUT2D eigenvalue weighted by atomic mass is 32.1. The highest BCUT2D eigenvalue weighted by molar-refractivity contribution is 7.80. The molecule has 2 heterocycles. The van der Waals surface area contributed by atoms with Gasteiger partial charge in [-0.15, -0.1) is 0 Å². The molecule has 0 saturated heterocycles. The van der Waals surface area contributed by atoms with Crippen molar-refractivity contribution in [2.24, 2.45) is 5.73 Å². The third kappa shape index (κ3) is 4.09. The van der Waals surface area contributed by atoms with E-state index in [-0.39, 0.29) is 11.7 Å². The lowest BCUT2D eigenvalue weighted by molar-refractivity contribution is 0.0714. The van der Waals surface area contributed by atoms with Crippen LogP contribution in [-0.4, -0.2) is 32.3 Å². The number of aromatic nitrogens is 2. The van der Waals surface area contributed by atoms with Crippen molar-refractivity contribution in [2.75, 3.05) is 6.54 Å². The standard InChI is InChI=1S/C14H16N4O2S/c1-10-13(20-9-17-10)14(19)18(6-4-12(15)21)8-11-3-2-5-16-7-11/h2-3,5,7,9H,4,6,8H2,1H3,(H2,15,21). The fraction of sp³-hybridized carbons (Fsp3) is 0.286. The number of thiocarbonyl (C=S) groups is 1. The summed E-state index contributed by atoms with van der Waals surface area (Å²) < 4.78 is 5.17. The highest BCUT2D eigenvalue weighted by Gasteiger charge is 2.21. The number of amides is 1. The van der Waals surface area contributed by atoms with E-state index in [1.54, 1.807) is 24.2 Å². The SMILES string of the molecule is Cc1ncoc1C(=O)N(CCC(N)=S)Cc1cccnc1. The molecule has 2 N–H and O–H groups in total. The number of rotatable bonds is 6. The fourth-order valence-electron chi connectivity index (χ4n) is 1.86. The van der Waals surface area contributed by atoms with Crippen molar-refractivity contribution in [2.45, 2.75) is 19.9 Å². The zero-order chi connectivity index (χ0) is 15.2. The number of carbonyl (C=O) groups is 1. The molecule has 0 aliphatic heterocycles. The van der Waals surface area contributed by atoms with Crippen LogP contribution in [0.25, 0.3) is 0 Å². The second-order valence-electron chi connectivity index (χ2n) is 4.57. The summed E-state index contributed by atoms with van der Waals surface area (Å²) in [4.78, 5) is 22.5. The van der Waals surface area contributed by atoms with E-state index in [0.29, 0.717) is 30.2 Å². The van der Waals surface area contributed by atoms with E-state index >= 15 is 0 Å². The van der Waals surface area contributed by atoms with Crippen LogP contribution < -0.4 is 5.73 Å². The Hall–Kier alpha value is -2.28. The van der Waals surface area contributed by atoms with Gasteiger partial charge in [-0.2, -0.15) is 0 Å². The molecular formula is C14H16N4O2S. The summed E-state index contributed by atoms with van der Waals surface area (Å²) in [6.45, 7) is 2.56. The Morgan fingerprint density at radius 1 is 1.52 bits per heavy atom. The average molecular weight is 304 g/mol. The van der Waals surface area contributed by atoms with Crippen LogP contribution in [0.3, 0.4) is 0 Å². The Labute approximate surface area is 128 Å². The molecule has 0 aliphatic rings. The van der Waals surface area contributed by atoms with Crippen LogP contribution in [0.2, 0.25) is 0 Å². The van der Waals surface area contributed by atoms with Gasteiger partial charge in [-0.05, 0) is 18.6 Å². The van der Waals surface area contributed by atoms with Gasteiger partial charge < -0.3 is 15.1 Å². The van der Waals surface area contributed by atoms with Gasteiger partial charge in [-0.3, -0.25) is 9.78 Å². The minimum absolute atomic E-state index is 0.231. The number of aryl methyl sites for hydroxylation is 1. The van der Waals surface area contributed by atoms with Gasteiger partial charge in [-0.1, -0.05) is 18.3 Å². The quantitative estimate of drug-likeness (QED) is 0.818. The topological polar surface area (TPSA) is 85.2 Å². The van der Waals surface area contributed by atoms with Crippen molar-refractivity contribution in [3.8, 4) is 0 Å². The Kier molecular flexibility index (Phi) is 4.99. The van der Waals surface area contributed by atoms with Gasteiger partial charge in [-0.25, -0.2) is 4.98 Å². The van der Waals surface area contributed by atoms with Crippen molar-refractivity contribution in [1.29, 1.82) is 0 Å². The molecule has 2 aromatic heterocycles. The van der Waals surface area contributed by atoms with Crippen LogP contribution in [0.4, 0.5) is 0 Å². The van der Waals surface area contributed by atoms with Crippen LogP contribution in [0, 0.1) is 6.92 Å². The summed E-state index contributed by atoms with van der Waals surface area (Å²) in [6.07, 6.45) is 5.12. The normalized spacial score (nSPS) is 10.3. The molecule has 0 atom stereocenters. The van der Waals surface area contributed by atoms with Gasteiger partial charge in [0.15, 0.2) is 6.39 Å². The van der Waals surface area contributed by atoms with E-state index in [9.17, 15) is 4.79 Å². The Morgan fingerprint density at radius 3 is 2.90 bits per heavy atom. The molecule has 2 rings (SSSR count). The van der Waals surface area contributed by atoms with E-state index in [1.165, 1.54) is 6.39 Å². The molecule has 7 heteroatoms. The summed E-state index contributed by atoms with van der Waals surface area (Å²) in [7, 11) is 0. The fourth-order valence-corrected chi connectivity index (χ4v) is 1.95. The van der Waals surface area contributed by atoms with Crippen molar-refractivity contribution in [1.82, 2.24) is 14.9 Å². The van der Waals surface area contributed by atoms with Crippen molar-refractivity contribution in [3.63, 3.8) is 0 Å². The predicted octanol–water partition coefficient (Wildman–Crippen LogP) is 1.70. The molecule has 110 valence electrons. The second-order valence-corrected chi connectivity index (χ2v) is 5.10. The lowest BCUT2D eigenvalue weighted by Crippen LogP contribution is -2.33. The number of hydrogen-bond acceptors (Lipinski definition) is 5. The number of nitrogens with two attached hydrogens (primary N) is 1. The van der Waals surface area contributed by atoms with Gasteiger partial charge in [0.1, 0.15) is 0 Å². The van der Waals surface area contributed by atoms with Crippen LogP contribution in [0.15, 0.2) is 35.3 Å². The second kappa shape index (κ2) is 6.94. The minimum Gasteiger partial charge on any atom is -0.438 e. The van der Waals surface area contributed by atoms with E-state index in [1.807, 2.05) is 12.1 Å². The number of nitrogens with zero attached hydrogens (tertiary/aromatic N) is 3. The summed E-state index contributed by atoms with van der Waals surface area (Å²) >= 11 is 4.88. The first-order valence-corrected chi connectivity index (χ1v) is 6.85. The summed E-state index contributed by atoms with van der Waals surface area (Å²) in [5.41, 5.74) is 7.01. The molecule has 0 radical (unpaired) electrons. The van der Waals surface area contributed by atoms with Crippen LogP contribution in [-0.2, 0) is 6.54 Å². The molecule has 21 heavy (non-hydrogen) atoms. The average Bonchev–Trinajstić information content (AvgIpc) is 2.90. The third-order valence-electron chi connectivity index (χ3n) is 2.95. The van der Waals surface area contributed by atoms with E-state index in [2.05, 4.69) is 9.97 Å². The molecule has 0 unspecified atom stereocenters. The number of pyridine rings is 1. The van der Waals surface area contributed by atoms with Gasteiger partial charge >= 0.3 is 0 Å². The number of carbonyl (C=O) groups excluding carboxylic acids is 1. The van der Waals surface area contributed by atoms with E-state index < -0.39 is 0 Å². The molecule has 6 nitrogen and oxygen atoms in total. The summed E-state index contributed by atoms with van der Waals surface area (Å²) in [5.74, 6) is 0.00642. The van der Waals surface area contributed by atoms with Gasteiger partial charge in [0, 0.05) is 31.9 Å². The molecular weight excluding hydrogens is 288 g/mol. The third-order valence-corrected chi connectivity index (χ3v) is 3.16. The van der Waals surface area contributed by atoms with Crippen molar-refractivity contribution < 1.29 is 9.21 Å². The van der Waals surface area contributed by atoms with Crippen molar-refractivity contribution >= 4 is 23.1 Å². The van der Waals surface area contributed by atoms with Gasteiger partial charge in [0.25, 0.3) is 5.91 Å². The molecule has 0 bridgehead atoms. The molecule has 0 fully saturated rings. The molecule has 0 saturated carbocycles. The molecule has 1 amide bonds. The summed E-state index contributed by atoms with van der Waals surface area (Å²) in [5, 5.41) is 0. The minimum atomic E-state index is -0.231. The first kappa shape index (κ1) is 15.1. The van der Waals surface area contributed by atoms with Crippen molar-refractivity contribution in [3.05, 3.63) is 47.9 Å². The maximum absolute atomic E-state index is 12.5. The van der Waals surface area contributed by atoms with Gasteiger partial charge in [0.2, 0.25) is 5.76 Å². The molecule has 0 spiro atoms. The predicted molar refractivity (Wildman–Crippen MR) is 81.6 cm³/mol. The van der Waals surface area contributed by atoms with Crippen LogP contribution in [0.1, 0.15) is 28.2 Å². The first-order valence-electron chi connectivity index (χ1n) is 6.44.